The number of hydrogen-bond donors (Lipinski definition) is 4. The number of alkyl carbamates (subject to hydrolysis) is 1. The summed E-state index contributed by atoms with van der Waals surface area (Å²) in [6, 6.07) is 10.1. The molecule has 0 heterocycles. The van der Waals surface area contributed by atoms with E-state index in [1.807, 2.05) is 20.8 Å². The molecule has 0 aliphatic rings. The fourth-order valence-corrected chi connectivity index (χ4v) is 4.93. The van der Waals surface area contributed by atoms with E-state index in [4.69, 9.17) is 4.74 Å². The summed E-state index contributed by atoms with van der Waals surface area (Å²) in [5, 5.41) is 25.6. The molecule has 9 nitrogen and oxygen atoms in total. The third-order valence-corrected chi connectivity index (χ3v) is 7.10. The van der Waals surface area contributed by atoms with Gasteiger partial charge in [-0.15, -0.1) is 0 Å². The number of ether oxygens (including phenoxy) is 1. The maximum Gasteiger partial charge on any atom is 0.408 e. The van der Waals surface area contributed by atoms with Gasteiger partial charge in [0.05, 0.1) is 0 Å². The molecule has 3 amide bonds. The van der Waals surface area contributed by atoms with Crippen LogP contribution < -0.4 is 10.6 Å². The topological polar surface area (TPSA) is 128 Å². The molecule has 0 aromatic heterocycles. The van der Waals surface area contributed by atoms with Gasteiger partial charge in [-0.25, -0.2) is 4.79 Å². The van der Waals surface area contributed by atoms with E-state index >= 15 is 0 Å². The molecule has 0 fully saturated rings. The highest BCUT2D eigenvalue weighted by Crippen LogP contribution is 2.29. The number of carbonyl (C=O) groups excluding carboxylic acids is 3. The number of phenolic OH excluding ortho intramolecular Hbond substituents is 2. The van der Waals surface area contributed by atoms with Gasteiger partial charge in [0.1, 0.15) is 29.2 Å². The predicted octanol–water partition coefficient (Wildman–Crippen LogP) is 6.23. The Kier molecular flexibility index (Phi) is 13.3. The van der Waals surface area contributed by atoms with Gasteiger partial charge in [-0.3, -0.25) is 9.59 Å². The second-order valence-corrected chi connectivity index (χ2v) is 12.8. The van der Waals surface area contributed by atoms with Gasteiger partial charge in [0, 0.05) is 18.5 Å². The first kappa shape index (κ1) is 35.4. The first-order chi connectivity index (χ1) is 20.1. The van der Waals surface area contributed by atoms with E-state index < -0.39 is 29.7 Å². The van der Waals surface area contributed by atoms with Crippen LogP contribution in [0.15, 0.2) is 48.5 Å². The van der Waals surface area contributed by atoms with Crippen molar-refractivity contribution in [2.24, 2.45) is 5.92 Å². The van der Waals surface area contributed by atoms with Crippen molar-refractivity contribution < 1.29 is 29.3 Å². The molecule has 0 saturated carbocycles. The average molecular weight is 598 g/mol. The highest BCUT2D eigenvalue weighted by Gasteiger charge is 2.39. The van der Waals surface area contributed by atoms with Crippen molar-refractivity contribution in [3.05, 3.63) is 59.7 Å². The fraction of sp³-hybridized carbons (Fsp3) is 0.559. The van der Waals surface area contributed by atoms with Crippen LogP contribution in [0.2, 0.25) is 0 Å². The van der Waals surface area contributed by atoms with E-state index in [1.165, 1.54) is 24.3 Å². The lowest BCUT2D eigenvalue weighted by molar-refractivity contribution is -0.145. The summed E-state index contributed by atoms with van der Waals surface area (Å²) in [6.07, 6.45) is 2.47. The Morgan fingerprint density at radius 2 is 1.40 bits per heavy atom. The zero-order chi connectivity index (χ0) is 32.3. The Labute approximate surface area is 257 Å². The van der Waals surface area contributed by atoms with Crippen molar-refractivity contribution >= 4 is 17.9 Å². The number of hydrogen-bond acceptors (Lipinski definition) is 6. The monoisotopic (exact) mass is 597 g/mol. The Morgan fingerprint density at radius 1 is 0.837 bits per heavy atom. The quantitative estimate of drug-likeness (QED) is 0.204. The molecule has 0 spiro atoms. The molecule has 0 saturated heterocycles. The van der Waals surface area contributed by atoms with E-state index in [2.05, 4.69) is 24.5 Å². The molecule has 0 aliphatic carbocycles. The number of aromatic hydroxyl groups is 2. The van der Waals surface area contributed by atoms with Crippen LogP contribution in [0.25, 0.3) is 0 Å². The molecule has 4 unspecified atom stereocenters. The van der Waals surface area contributed by atoms with Gasteiger partial charge in [-0.2, -0.15) is 0 Å². The molecule has 2 rings (SSSR count). The van der Waals surface area contributed by atoms with Crippen LogP contribution in [0.1, 0.15) is 98.2 Å². The number of benzene rings is 2. The fourth-order valence-electron chi connectivity index (χ4n) is 4.93. The summed E-state index contributed by atoms with van der Waals surface area (Å²) < 4.78 is 5.51. The molecule has 43 heavy (non-hydrogen) atoms. The van der Waals surface area contributed by atoms with E-state index in [0.717, 1.165) is 19.3 Å². The van der Waals surface area contributed by atoms with Crippen LogP contribution in [-0.2, 0) is 20.7 Å². The number of amides is 3. The zero-order valence-corrected chi connectivity index (χ0v) is 27.0. The van der Waals surface area contributed by atoms with E-state index in [1.54, 1.807) is 49.9 Å². The zero-order valence-electron chi connectivity index (χ0n) is 27.0. The second kappa shape index (κ2) is 16.2. The van der Waals surface area contributed by atoms with Crippen molar-refractivity contribution in [3.8, 4) is 11.5 Å². The second-order valence-electron chi connectivity index (χ2n) is 12.8. The number of phenols is 2. The minimum absolute atomic E-state index is 0.0461. The third kappa shape index (κ3) is 11.8. The molecule has 0 radical (unpaired) electrons. The number of carbonyl (C=O) groups is 3. The van der Waals surface area contributed by atoms with Crippen LogP contribution in [0.5, 0.6) is 11.5 Å². The number of nitrogens with one attached hydrogen (secondary N) is 2. The predicted molar refractivity (Wildman–Crippen MR) is 169 cm³/mol. The summed E-state index contributed by atoms with van der Waals surface area (Å²) in [6.45, 7) is 15.3. The van der Waals surface area contributed by atoms with Crippen molar-refractivity contribution in [1.82, 2.24) is 15.5 Å². The lowest BCUT2D eigenvalue weighted by Gasteiger charge is -2.39. The van der Waals surface area contributed by atoms with Crippen LogP contribution >= 0.6 is 0 Å². The molecular weight excluding hydrogens is 546 g/mol. The lowest BCUT2D eigenvalue weighted by atomic mass is 9.95. The molecular formula is C34H51N3O6. The first-order valence-corrected chi connectivity index (χ1v) is 15.3. The Morgan fingerprint density at radius 3 is 1.91 bits per heavy atom. The van der Waals surface area contributed by atoms with Crippen LogP contribution in [0.4, 0.5) is 4.79 Å². The minimum Gasteiger partial charge on any atom is -0.508 e. The Balaban J connectivity index is 2.65. The number of nitrogens with zero attached hydrogens (tertiary/aromatic N) is 1. The maximum atomic E-state index is 14.7. The highest BCUT2D eigenvalue weighted by atomic mass is 16.6. The van der Waals surface area contributed by atoms with Crippen molar-refractivity contribution in [1.29, 1.82) is 0 Å². The normalized spacial score (nSPS) is 14.3. The van der Waals surface area contributed by atoms with E-state index in [-0.39, 0.29) is 35.9 Å². The largest absolute Gasteiger partial charge is 0.508 e. The Hall–Kier alpha value is -3.75. The summed E-state index contributed by atoms with van der Waals surface area (Å²) in [4.78, 5) is 43.3. The minimum atomic E-state index is -1.07. The number of rotatable bonds is 14. The van der Waals surface area contributed by atoms with Crippen LogP contribution in [0.3, 0.4) is 0 Å². The van der Waals surface area contributed by atoms with Gasteiger partial charge in [0.2, 0.25) is 11.8 Å². The maximum absolute atomic E-state index is 14.7. The first-order valence-electron chi connectivity index (χ1n) is 15.3. The highest BCUT2D eigenvalue weighted by molar-refractivity contribution is 5.92. The average Bonchev–Trinajstić information content (AvgIpc) is 2.90. The molecule has 2 aromatic rings. The van der Waals surface area contributed by atoms with Crippen molar-refractivity contribution in [3.63, 3.8) is 0 Å². The molecule has 2 aromatic carbocycles. The lowest BCUT2D eigenvalue weighted by Crippen LogP contribution is -2.56. The summed E-state index contributed by atoms with van der Waals surface area (Å²) in [5.74, 6) is -0.271. The van der Waals surface area contributed by atoms with Crippen LogP contribution in [-0.4, -0.2) is 56.7 Å². The van der Waals surface area contributed by atoms with Gasteiger partial charge in [-0.1, -0.05) is 51.5 Å². The van der Waals surface area contributed by atoms with Crippen molar-refractivity contribution in [2.75, 3.05) is 0 Å². The molecule has 0 aliphatic heterocycles. The summed E-state index contributed by atoms with van der Waals surface area (Å²) in [5.41, 5.74) is 0.471. The van der Waals surface area contributed by atoms with Gasteiger partial charge < -0.3 is 30.5 Å². The van der Waals surface area contributed by atoms with Gasteiger partial charge >= 0.3 is 6.09 Å². The van der Waals surface area contributed by atoms with Crippen molar-refractivity contribution in [2.45, 2.75) is 117 Å². The third-order valence-electron chi connectivity index (χ3n) is 7.10. The smallest absolute Gasteiger partial charge is 0.408 e. The molecule has 0 bridgehead atoms. The van der Waals surface area contributed by atoms with Gasteiger partial charge in [0.15, 0.2) is 0 Å². The van der Waals surface area contributed by atoms with Gasteiger partial charge in [0.25, 0.3) is 0 Å². The summed E-state index contributed by atoms with van der Waals surface area (Å²) in [7, 11) is 0. The van der Waals surface area contributed by atoms with E-state index in [9.17, 15) is 24.6 Å². The van der Waals surface area contributed by atoms with E-state index in [0.29, 0.717) is 23.5 Å². The molecule has 4 atom stereocenters. The standard InChI is InChI=1S/C34H51N3O6/c1-9-10-23(4)35-31(40)30(26-15-19-28(39)20-16-26)37(24(5)12-11-22(2)3)32(41)29(36-33(42)43-34(6,7)8)21-25-13-17-27(38)18-14-25/h13-20,22-24,29-30,38-39H,9-12,21H2,1-8H3,(H,35,40)(H,36,42). The molecule has 4 N–H and O–H groups in total. The SMILES string of the molecule is CCCC(C)NC(=O)C(c1ccc(O)cc1)N(C(=O)C(Cc1ccc(O)cc1)NC(=O)OC(C)(C)C)C(C)CCC(C)C. The molecule has 9 heteroatoms. The molecule has 238 valence electrons. The van der Waals surface area contributed by atoms with Crippen LogP contribution in [0, 0.1) is 5.92 Å². The Bertz CT molecular complexity index is 1170. The summed E-state index contributed by atoms with van der Waals surface area (Å²) >= 11 is 0. The van der Waals surface area contributed by atoms with Gasteiger partial charge in [-0.05, 0) is 95.2 Å².